The van der Waals surface area contributed by atoms with Gasteiger partial charge >= 0.3 is 6.03 Å². The summed E-state index contributed by atoms with van der Waals surface area (Å²) in [5.41, 5.74) is 2.72. The average molecular weight is 369 g/mol. The molecule has 0 aromatic heterocycles. The maximum atomic E-state index is 12.2. The van der Waals surface area contributed by atoms with Crippen LogP contribution < -0.4 is 16.0 Å². The van der Waals surface area contributed by atoms with Crippen molar-refractivity contribution in [1.29, 1.82) is 0 Å². The van der Waals surface area contributed by atoms with E-state index in [9.17, 15) is 9.90 Å². The van der Waals surface area contributed by atoms with Crippen molar-refractivity contribution < 1.29 is 9.90 Å². The molecule has 7 heteroatoms. The molecule has 25 heavy (non-hydrogen) atoms. The lowest BCUT2D eigenvalue weighted by Gasteiger charge is -2.28. The van der Waals surface area contributed by atoms with Gasteiger partial charge in [0.1, 0.15) is 6.23 Å². The highest BCUT2D eigenvalue weighted by Gasteiger charge is 2.19. The van der Waals surface area contributed by atoms with Crippen molar-refractivity contribution in [2.75, 3.05) is 26.4 Å². The highest BCUT2D eigenvalue weighted by molar-refractivity contribution is 8.02. The fraction of sp³-hybridized carbons (Fsp3) is 0.722. The molecular weight excluding hydrogens is 336 g/mol. The normalized spacial score (nSPS) is 22.7. The first-order chi connectivity index (χ1) is 11.9. The van der Waals surface area contributed by atoms with Crippen LogP contribution in [0.1, 0.15) is 39.0 Å². The Bertz CT molecular complexity index is 507. The van der Waals surface area contributed by atoms with E-state index < -0.39 is 6.23 Å². The van der Waals surface area contributed by atoms with Gasteiger partial charge in [-0.15, -0.1) is 11.8 Å². The van der Waals surface area contributed by atoms with E-state index in [0.717, 1.165) is 32.1 Å². The van der Waals surface area contributed by atoms with Crippen LogP contribution >= 0.6 is 11.8 Å². The maximum Gasteiger partial charge on any atom is 0.315 e. The maximum absolute atomic E-state index is 12.2. The minimum atomic E-state index is -0.430. The van der Waals surface area contributed by atoms with Crippen LogP contribution in [0.15, 0.2) is 22.8 Å². The predicted octanol–water partition coefficient (Wildman–Crippen LogP) is 1.99. The second-order valence-corrected chi connectivity index (χ2v) is 8.18. The average Bonchev–Trinajstić information content (AvgIpc) is 3.05. The van der Waals surface area contributed by atoms with Crippen molar-refractivity contribution in [2.45, 2.75) is 57.3 Å². The zero-order valence-electron chi connectivity index (χ0n) is 15.5. The molecule has 0 saturated carbocycles. The fourth-order valence-corrected chi connectivity index (χ4v) is 4.05. The Morgan fingerprint density at radius 3 is 2.80 bits per heavy atom. The van der Waals surface area contributed by atoms with Crippen molar-refractivity contribution in [3.8, 4) is 0 Å². The van der Waals surface area contributed by atoms with E-state index in [1.165, 1.54) is 16.9 Å². The number of carbonyl (C=O) groups is 1. The molecule has 2 amide bonds. The Morgan fingerprint density at radius 2 is 2.20 bits per heavy atom. The number of thioether (sulfide) groups is 1. The van der Waals surface area contributed by atoms with Crippen molar-refractivity contribution in [3.63, 3.8) is 0 Å². The van der Waals surface area contributed by atoms with Crippen LogP contribution in [-0.2, 0) is 0 Å². The minimum Gasteiger partial charge on any atom is -0.374 e. The number of urea groups is 1. The Balaban J connectivity index is 1.73. The molecule has 2 heterocycles. The summed E-state index contributed by atoms with van der Waals surface area (Å²) >= 11 is 1.86. The van der Waals surface area contributed by atoms with Gasteiger partial charge in [-0.25, -0.2) is 4.79 Å². The second kappa shape index (κ2) is 10.1. The summed E-state index contributed by atoms with van der Waals surface area (Å²) in [6.07, 6.45) is 6.07. The molecule has 0 aliphatic carbocycles. The molecule has 0 saturated heterocycles. The molecule has 6 nitrogen and oxygen atoms in total. The Hall–Kier alpha value is -1.18. The summed E-state index contributed by atoms with van der Waals surface area (Å²) in [7, 11) is 4.06. The Morgan fingerprint density at radius 1 is 1.40 bits per heavy atom. The molecule has 2 aliphatic heterocycles. The molecule has 0 fully saturated rings. The number of hydrogen-bond acceptors (Lipinski definition) is 5. The van der Waals surface area contributed by atoms with Gasteiger partial charge in [0.05, 0.1) is 0 Å². The van der Waals surface area contributed by atoms with Gasteiger partial charge in [0.15, 0.2) is 0 Å². The zero-order chi connectivity index (χ0) is 18.2. The van der Waals surface area contributed by atoms with Crippen LogP contribution in [0.2, 0.25) is 0 Å². The largest absolute Gasteiger partial charge is 0.374 e. The summed E-state index contributed by atoms with van der Waals surface area (Å²) < 4.78 is 0. The summed E-state index contributed by atoms with van der Waals surface area (Å²) in [5.74, 6) is 1.17. The van der Waals surface area contributed by atoms with Gasteiger partial charge in [-0.05, 0) is 64.7 Å². The SMILES string of the molecule is C[C@@H](CC1=CSCC1)NC(=O)NC[C@H](CC1=CNC(O)CC1)N(C)C. The van der Waals surface area contributed by atoms with Gasteiger partial charge in [0, 0.05) is 24.4 Å². The van der Waals surface area contributed by atoms with Crippen LogP contribution in [0, 0.1) is 0 Å². The molecule has 3 atom stereocenters. The van der Waals surface area contributed by atoms with Crippen LogP contribution in [0.4, 0.5) is 4.79 Å². The van der Waals surface area contributed by atoms with Crippen molar-refractivity contribution in [2.24, 2.45) is 0 Å². The monoisotopic (exact) mass is 368 g/mol. The molecule has 4 N–H and O–H groups in total. The van der Waals surface area contributed by atoms with E-state index >= 15 is 0 Å². The van der Waals surface area contributed by atoms with Gasteiger partial charge in [-0.1, -0.05) is 11.1 Å². The van der Waals surface area contributed by atoms with Crippen molar-refractivity contribution in [3.05, 3.63) is 22.8 Å². The van der Waals surface area contributed by atoms with Crippen molar-refractivity contribution >= 4 is 17.8 Å². The lowest BCUT2D eigenvalue weighted by atomic mass is 9.99. The summed E-state index contributed by atoms with van der Waals surface area (Å²) in [6.45, 7) is 2.65. The molecule has 0 aromatic rings. The standard InChI is InChI=1S/C18H32N4O2S/c1-13(8-15-6-7-25-12-15)21-18(24)20-11-16(22(2)3)9-14-4-5-17(23)19-10-14/h10,12-13,16-17,19,23H,4-9,11H2,1-3H3,(H2,20,21,24)/t13-,16-,17?/m0/s1. The molecule has 0 radical (unpaired) electrons. The van der Waals surface area contributed by atoms with Gasteiger partial charge < -0.3 is 26.0 Å². The first-order valence-electron chi connectivity index (χ1n) is 9.06. The number of nitrogens with zero attached hydrogens (tertiary/aromatic N) is 1. The van der Waals surface area contributed by atoms with Crippen molar-refractivity contribution in [1.82, 2.24) is 20.9 Å². The van der Waals surface area contributed by atoms with E-state index in [-0.39, 0.29) is 18.1 Å². The highest BCUT2D eigenvalue weighted by Crippen LogP contribution is 2.25. The van der Waals surface area contributed by atoms with E-state index in [2.05, 4.69) is 33.2 Å². The van der Waals surface area contributed by atoms with E-state index in [1.807, 2.05) is 32.1 Å². The third-order valence-electron chi connectivity index (χ3n) is 4.68. The topological polar surface area (TPSA) is 76.6 Å². The molecule has 2 aliphatic rings. The zero-order valence-corrected chi connectivity index (χ0v) is 16.4. The first kappa shape index (κ1) is 20.1. The van der Waals surface area contributed by atoms with E-state index in [4.69, 9.17) is 0 Å². The number of nitrogens with one attached hydrogen (secondary N) is 3. The molecule has 0 aromatic carbocycles. The number of amides is 2. The van der Waals surface area contributed by atoms with Gasteiger partial charge in [-0.3, -0.25) is 0 Å². The number of rotatable bonds is 8. The van der Waals surface area contributed by atoms with Crippen LogP contribution in [0.5, 0.6) is 0 Å². The molecule has 0 bridgehead atoms. The number of carbonyl (C=O) groups excluding carboxylic acids is 1. The molecule has 0 spiro atoms. The molecule has 142 valence electrons. The number of aliphatic hydroxyl groups is 1. The smallest absolute Gasteiger partial charge is 0.315 e. The van der Waals surface area contributed by atoms with Gasteiger partial charge in [0.25, 0.3) is 0 Å². The third-order valence-corrected chi connectivity index (χ3v) is 5.62. The lowest BCUT2D eigenvalue weighted by molar-refractivity contribution is 0.136. The third kappa shape index (κ3) is 7.30. The fourth-order valence-electron chi connectivity index (χ4n) is 3.10. The van der Waals surface area contributed by atoms with Crippen LogP contribution in [-0.4, -0.2) is 60.7 Å². The minimum absolute atomic E-state index is 0.100. The lowest BCUT2D eigenvalue weighted by Crippen LogP contribution is -2.46. The van der Waals surface area contributed by atoms with E-state index in [0.29, 0.717) is 6.54 Å². The quantitative estimate of drug-likeness (QED) is 0.527. The van der Waals surface area contributed by atoms with Crippen LogP contribution in [0.25, 0.3) is 0 Å². The predicted molar refractivity (Wildman–Crippen MR) is 104 cm³/mol. The number of hydrogen-bond donors (Lipinski definition) is 4. The van der Waals surface area contributed by atoms with Gasteiger partial charge in [-0.2, -0.15) is 0 Å². The Labute approximate surface area is 155 Å². The Kier molecular flexibility index (Phi) is 8.12. The highest BCUT2D eigenvalue weighted by atomic mass is 32.2. The first-order valence-corrected chi connectivity index (χ1v) is 10.1. The molecule has 2 rings (SSSR count). The second-order valence-electron chi connectivity index (χ2n) is 7.20. The summed E-state index contributed by atoms with van der Waals surface area (Å²) in [4.78, 5) is 14.3. The van der Waals surface area contributed by atoms with Crippen LogP contribution in [0.3, 0.4) is 0 Å². The molecule has 1 unspecified atom stereocenters. The van der Waals surface area contributed by atoms with E-state index in [1.54, 1.807) is 0 Å². The number of aliphatic hydroxyl groups excluding tert-OH is 1. The van der Waals surface area contributed by atoms with Gasteiger partial charge in [0.2, 0.25) is 0 Å². The number of likely N-dealkylation sites (N-methyl/N-ethyl adjacent to an activating group) is 1. The molecular formula is C18H32N4O2S. The summed E-state index contributed by atoms with van der Waals surface area (Å²) in [6, 6.07) is 0.282. The summed E-state index contributed by atoms with van der Waals surface area (Å²) in [5, 5.41) is 20.7.